The molecule has 0 spiro atoms. The van der Waals surface area contributed by atoms with Crippen LogP contribution in [0.15, 0.2) is 73.3 Å². The topological polar surface area (TPSA) is 24.5 Å². The molecule has 2 aromatic carbocycles. The Morgan fingerprint density at radius 3 is 2.48 bits per heavy atom. The zero-order valence-corrected chi connectivity index (χ0v) is 13.7. The Kier molecular flexibility index (Phi) is 5.05. The zero-order valence-electron chi connectivity index (χ0n) is 12.9. The second kappa shape index (κ2) is 7.40. The third-order valence-electron chi connectivity index (χ3n) is 3.89. The molecule has 0 unspecified atom stereocenters. The molecule has 0 radical (unpaired) electrons. The van der Waals surface area contributed by atoms with Crippen LogP contribution in [0.3, 0.4) is 0 Å². The second-order valence-electron chi connectivity index (χ2n) is 5.54. The first-order valence-corrected chi connectivity index (χ1v) is 8.16. The van der Waals surface area contributed by atoms with Crippen LogP contribution in [0, 0.1) is 0 Å². The van der Waals surface area contributed by atoms with Gasteiger partial charge >= 0.3 is 0 Å². The molecule has 1 aliphatic heterocycles. The molecule has 1 saturated heterocycles. The molecule has 2 atom stereocenters. The molecule has 1 aliphatic rings. The van der Waals surface area contributed by atoms with Crippen LogP contribution in [0.4, 0.5) is 5.69 Å². The van der Waals surface area contributed by atoms with Crippen LogP contribution >= 0.6 is 12.2 Å². The Balaban J connectivity index is 1.73. The van der Waals surface area contributed by atoms with E-state index < -0.39 is 0 Å². The maximum atomic E-state index is 6.13. The molecular weight excluding hydrogens is 304 g/mol. The van der Waals surface area contributed by atoms with Gasteiger partial charge in [0.05, 0.1) is 6.04 Å². The largest absolute Gasteiger partial charge is 0.331 e. The number of para-hydroxylation sites is 1. The summed E-state index contributed by atoms with van der Waals surface area (Å²) in [4.78, 5) is 6.13. The summed E-state index contributed by atoms with van der Waals surface area (Å²) in [5.41, 5.74) is 2.13. The van der Waals surface area contributed by atoms with Crippen molar-refractivity contribution in [3.63, 3.8) is 0 Å². The molecule has 0 amide bonds. The van der Waals surface area contributed by atoms with Crippen molar-refractivity contribution in [3.8, 4) is 0 Å². The monoisotopic (exact) mass is 324 g/mol. The zero-order chi connectivity index (χ0) is 16.1. The van der Waals surface area contributed by atoms with Gasteiger partial charge in [-0.15, -0.1) is 6.58 Å². The molecule has 4 heteroatoms. The number of benzene rings is 2. The van der Waals surface area contributed by atoms with Gasteiger partial charge in [-0.05, 0) is 36.3 Å². The Morgan fingerprint density at radius 1 is 1.17 bits per heavy atom. The number of anilines is 1. The highest BCUT2D eigenvalue weighted by atomic mass is 32.1. The summed E-state index contributed by atoms with van der Waals surface area (Å²) in [5.74, 6) is 0. The Hall–Kier alpha value is -2.17. The molecule has 3 nitrogen and oxygen atoms in total. The van der Waals surface area contributed by atoms with E-state index in [1.165, 1.54) is 5.56 Å². The number of nitrogens with one attached hydrogen (secondary N) is 1. The van der Waals surface area contributed by atoms with Crippen LogP contribution in [0.2, 0.25) is 0 Å². The summed E-state index contributed by atoms with van der Waals surface area (Å²) in [6.07, 6.45) is 3.67. The number of hydroxylamine groups is 2. The molecule has 0 aliphatic carbocycles. The van der Waals surface area contributed by atoms with E-state index in [0.717, 1.165) is 18.5 Å². The number of nitrogens with zero attached hydrogens (tertiary/aromatic N) is 1. The molecule has 1 heterocycles. The van der Waals surface area contributed by atoms with Crippen molar-refractivity contribution >= 4 is 23.0 Å². The summed E-state index contributed by atoms with van der Waals surface area (Å²) in [6.45, 7) is 3.85. The first-order chi connectivity index (χ1) is 11.3. The maximum absolute atomic E-state index is 6.13. The molecule has 1 N–H and O–H groups in total. The lowest BCUT2D eigenvalue weighted by Crippen LogP contribution is -2.37. The standard InChI is InChI=1S/C19H20N2OS/c1-2-9-17-14-18(15-10-5-3-6-11-15)22-21(17)19(23)20-16-12-7-4-8-13-16/h2-8,10-13,17-18H,1,9,14H2,(H,20,23)/t17-,18+/m0/s1. The molecule has 0 saturated carbocycles. The van der Waals surface area contributed by atoms with Gasteiger partial charge < -0.3 is 5.32 Å². The van der Waals surface area contributed by atoms with E-state index in [9.17, 15) is 0 Å². The van der Waals surface area contributed by atoms with Gasteiger partial charge in [-0.3, -0.25) is 4.84 Å². The van der Waals surface area contributed by atoms with Crippen LogP contribution in [-0.2, 0) is 4.84 Å². The smallest absolute Gasteiger partial charge is 0.197 e. The second-order valence-corrected chi connectivity index (χ2v) is 5.93. The molecule has 0 bridgehead atoms. The van der Waals surface area contributed by atoms with Gasteiger partial charge in [0, 0.05) is 12.1 Å². The summed E-state index contributed by atoms with van der Waals surface area (Å²) in [7, 11) is 0. The van der Waals surface area contributed by atoms with Crippen molar-refractivity contribution in [1.29, 1.82) is 0 Å². The fraction of sp³-hybridized carbons (Fsp3) is 0.211. The SMILES string of the molecule is C=CC[C@H]1C[C@H](c2ccccc2)ON1C(=S)Nc1ccccc1. The van der Waals surface area contributed by atoms with Crippen LogP contribution in [0.5, 0.6) is 0 Å². The minimum atomic E-state index is 0.0247. The van der Waals surface area contributed by atoms with E-state index in [-0.39, 0.29) is 12.1 Å². The molecule has 118 valence electrons. The molecular formula is C19H20N2OS. The van der Waals surface area contributed by atoms with Gasteiger partial charge in [0.1, 0.15) is 6.10 Å². The molecule has 2 aromatic rings. The van der Waals surface area contributed by atoms with Crippen molar-refractivity contribution in [2.75, 3.05) is 5.32 Å². The van der Waals surface area contributed by atoms with Crippen molar-refractivity contribution in [2.45, 2.75) is 25.0 Å². The summed E-state index contributed by atoms with van der Waals surface area (Å²) >= 11 is 5.55. The van der Waals surface area contributed by atoms with Crippen molar-refractivity contribution in [3.05, 3.63) is 78.9 Å². The number of thiocarbonyl (C=S) groups is 1. The number of hydrogen-bond acceptors (Lipinski definition) is 2. The molecule has 23 heavy (non-hydrogen) atoms. The Labute approximate surface area is 142 Å². The molecule has 3 rings (SSSR count). The fourth-order valence-electron chi connectivity index (χ4n) is 2.77. The summed E-state index contributed by atoms with van der Waals surface area (Å²) < 4.78 is 0. The average molecular weight is 324 g/mol. The highest BCUT2D eigenvalue weighted by Gasteiger charge is 2.35. The van der Waals surface area contributed by atoms with Gasteiger partial charge in [0.25, 0.3) is 0 Å². The number of rotatable bonds is 4. The number of hydrogen-bond donors (Lipinski definition) is 1. The van der Waals surface area contributed by atoms with E-state index >= 15 is 0 Å². The predicted octanol–water partition coefficient (Wildman–Crippen LogP) is 4.71. The van der Waals surface area contributed by atoms with E-state index in [2.05, 4.69) is 24.0 Å². The quantitative estimate of drug-likeness (QED) is 0.650. The van der Waals surface area contributed by atoms with Gasteiger partial charge in [0.2, 0.25) is 0 Å². The maximum Gasteiger partial charge on any atom is 0.197 e. The summed E-state index contributed by atoms with van der Waals surface area (Å²) in [5, 5.41) is 5.65. The Morgan fingerprint density at radius 2 is 1.83 bits per heavy atom. The lowest BCUT2D eigenvalue weighted by atomic mass is 10.0. The van der Waals surface area contributed by atoms with E-state index in [4.69, 9.17) is 17.1 Å². The van der Waals surface area contributed by atoms with E-state index in [1.807, 2.05) is 59.7 Å². The van der Waals surface area contributed by atoms with Gasteiger partial charge in [-0.25, -0.2) is 5.06 Å². The highest BCUT2D eigenvalue weighted by Crippen LogP contribution is 2.35. The summed E-state index contributed by atoms with van der Waals surface area (Å²) in [6, 6.07) is 20.4. The van der Waals surface area contributed by atoms with Crippen molar-refractivity contribution in [2.24, 2.45) is 0 Å². The van der Waals surface area contributed by atoms with Gasteiger partial charge in [-0.1, -0.05) is 54.6 Å². The van der Waals surface area contributed by atoms with Gasteiger partial charge in [-0.2, -0.15) is 0 Å². The first-order valence-electron chi connectivity index (χ1n) is 7.76. The van der Waals surface area contributed by atoms with Crippen LogP contribution in [-0.4, -0.2) is 16.2 Å². The third kappa shape index (κ3) is 3.78. The van der Waals surface area contributed by atoms with Gasteiger partial charge in [0.15, 0.2) is 5.11 Å². The van der Waals surface area contributed by atoms with E-state index in [1.54, 1.807) is 0 Å². The Bertz CT molecular complexity index is 660. The minimum absolute atomic E-state index is 0.0247. The predicted molar refractivity (Wildman–Crippen MR) is 98.0 cm³/mol. The minimum Gasteiger partial charge on any atom is -0.331 e. The normalized spacial score (nSPS) is 20.3. The van der Waals surface area contributed by atoms with E-state index in [0.29, 0.717) is 5.11 Å². The van der Waals surface area contributed by atoms with Crippen molar-refractivity contribution < 1.29 is 4.84 Å². The van der Waals surface area contributed by atoms with Crippen molar-refractivity contribution in [1.82, 2.24) is 5.06 Å². The average Bonchev–Trinajstić information content (AvgIpc) is 3.01. The molecule has 1 fully saturated rings. The lowest BCUT2D eigenvalue weighted by molar-refractivity contribution is -0.103. The fourth-order valence-corrected chi connectivity index (χ4v) is 3.08. The van der Waals surface area contributed by atoms with Crippen LogP contribution in [0.25, 0.3) is 0 Å². The third-order valence-corrected chi connectivity index (χ3v) is 4.18. The molecule has 0 aromatic heterocycles. The van der Waals surface area contributed by atoms with Crippen LogP contribution in [0.1, 0.15) is 24.5 Å². The van der Waals surface area contributed by atoms with Crippen LogP contribution < -0.4 is 5.32 Å². The lowest BCUT2D eigenvalue weighted by Gasteiger charge is -2.25. The highest BCUT2D eigenvalue weighted by molar-refractivity contribution is 7.80. The first kappa shape index (κ1) is 15.7.